The molecule has 0 bridgehead atoms. The number of carbonyl (C=O) groups excluding carboxylic acids is 2. The summed E-state index contributed by atoms with van der Waals surface area (Å²) in [6, 6.07) is 7.26. The SMILES string of the molecule is COc1ccc(NC(=O)C(=S)NN2C(=O)/C(=C\c3ccc([N+](=O)[O-])o3)SC2=S)cc1OC. The van der Waals surface area contributed by atoms with Gasteiger partial charge in [0.1, 0.15) is 10.7 Å². The zero-order chi connectivity index (χ0) is 23.4. The number of carbonyl (C=O) groups is 2. The minimum Gasteiger partial charge on any atom is -0.493 e. The number of nitrogens with zero attached hydrogens (tertiary/aromatic N) is 2. The number of hydrazine groups is 1. The number of rotatable bonds is 6. The fraction of sp³-hybridized carbons (Fsp3) is 0.111. The Bertz CT molecular complexity index is 1160. The Morgan fingerprint density at radius 1 is 1.25 bits per heavy atom. The van der Waals surface area contributed by atoms with Crippen LogP contribution in [-0.2, 0) is 9.59 Å². The molecule has 0 atom stereocenters. The summed E-state index contributed by atoms with van der Waals surface area (Å²) in [5.74, 6) is -0.752. The van der Waals surface area contributed by atoms with Crippen LogP contribution in [0.15, 0.2) is 39.7 Å². The van der Waals surface area contributed by atoms with Crippen molar-refractivity contribution in [2.75, 3.05) is 19.5 Å². The van der Waals surface area contributed by atoms with E-state index in [-0.39, 0.29) is 20.0 Å². The van der Waals surface area contributed by atoms with Gasteiger partial charge in [-0.25, -0.2) is 0 Å². The van der Waals surface area contributed by atoms with E-state index in [0.29, 0.717) is 17.2 Å². The lowest BCUT2D eigenvalue weighted by Crippen LogP contribution is -2.48. The summed E-state index contributed by atoms with van der Waals surface area (Å²) in [6.45, 7) is 0. The Kier molecular flexibility index (Phi) is 7.07. The first-order valence-corrected chi connectivity index (χ1v) is 10.2. The molecule has 2 N–H and O–H groups in total. The summed E-state index contributed by atoms with van der Waals surface area (Å²) in [6.07, 6.45) is 1.31. The molecule has 1 aromatic carbocycles. The largest absolute Gasteiger partial charge is 0.493 e. The first kappa shape index (κ1) is 23.2. The highest BCUT2D eigenvalue weighted by molar-refractivity contribution is 8.26. The average Bonchev–Trinajstić information content (AvgIpc) is 3.34. The number of nitrogens with one attached hydrogen (secondary N) is 2. The Morgan fingerprint density at radius 2 is 1.97 bits per heavy atom. The van der Waals surface area contributed by atoms with Crippen LogP contribution in [-0.4, -0.2) is 45.3 Å². The highest BCUT2D eigenvalue weighted by atomic mass is 32.2. The zero-order valence-electron chi connectivity index (χ0n) is 16.4. The molecular formula is C18H14N4O7S3. The fourth-order valence-electron chi connectivity index (χ4n) is 2.47. The molecule has 0 radical (unpaired) electrons. The molecule has 0 saturated carbocycles. The second kappa shape index (κ2) is 9.76. The highest BCUT2D eigenvalue weighted by Crippen LogP contribution is 2.32. The number of thioether (sulfide) groups is 1. The molecule has 0 aliphatic carbocycles. The van der Waals surface area contributed by atoms with Gasteiger partial charge in [-0.05, 0) is 30.4 Å². The van der Waals surface area contributed by atoms with E-state index in [2.05, 4.69) is 10.7 Å². The van der Waals surface area contributed by atoms with Gasteiger partial charge < -0.3 is 19.2 Å². The first-order chi connectivity index (χ1) is 15.2. The van der Waals surface area contributed by atoms with Gasteiger partial charge >= 0.3 is 5.88 Å². The van der Waals surface area contributed by atoms with Crippen molar-refractivity contribution in [1.29, 1.82) is 0 Å². The number of anilines is 1. The Morgan fingerprint density at radius 3 is 2.59 bits per heavy atom. The lowest BCUT2D eigenvalue weighted by Gasteiger charge is -2.17. The van der Waals surface area contributed by atoms with E-state index in [1.165, 1.54) is 32.4 Å². The van der Waals surface area contributed by atoms with Gasteiger partial charge in [-0.15, -0.1) is 0 Å². The Balaban J connectivity index is 1.67. The standard InChI is InChI=1S/C18H14N4O7S3/c1-27-11-5-3-9(7-12(11)28-2)19-15(23)16(30)20-21-17(24)13(32-18(21)31)8-10-4-6-14(29-10)22(25)26/h3-8H,1-2H3,(H,19,23)(H,20,30)/b13-8+. The van der Waals surface area contributed by atoms with Gasteiger partial charge in [-0.1, -0.05) is 24.0 Å². The highest BCUT2D eigenvalue weighted by Gasteiger charge is 2.34. The van der Waals surface area contributed by atoms with E-state index in [0.717, 1.165) is 16.8 Å². The number of hydrogen-bond donors (Lipinski definition) is 2. The minimum atomic E-state index is -0.695. The summed E-state index contributed by atoms with van der Waals surface area (Å²) in [5.41, 5.74) is 2.88. The summed E-state index contributed by atoms with van der Waals surface area (Å²) in [4.78, 5) is 34.9. The van der Waals surface area contributed by atoms with Crippen molar-refractivity contribution in [2.45, 2.75) is 0 Å². The average molecular weight is 495 g/mol. The topological polar surface area (TPSA) is 136 Å². The van der Waals surface area contributed by atoms with Crippen molar-refractivity contribution in [3.8, 4) is 11.5 Å². The molecule has 1 saturated heterocycles. The molecule has 1 aliphatic rings. The second-order valence-electron chi connectivity index (χ2n) is 5.92. The molecule has 14 heteroatoms. The normalized spacial score (nSPS) is 14.4. The van der Waals surface area contributed by atoms with Crippen molar-refractivity contribution in [3.05, 3.63) is 51.1 Å². The van der Waals surface area contributed by atoms with E-state index in [1.807, 2.05) is 0 Å². The molecule has 32 heavy (non-hydrogen) atoms. The van der Waals surface area contributed by atoms with Gasteiger partial charge in [0.2, 0.25) is 0 Å². The maximum absolute atomic E-state index is 12.6. The third kappa shape index (κ3) is 5.04. The van der Waals surface area contributed by atoms with E-state index in [9.17, 15) is 19.7 Å². The van der Waals surface area contributed by atoms with Crippen molar-refractivity contribution >= 4 is 75.0 Å². The summed E-state index contributed by atoms with van der Waals surface area (Å²) < 4.78 is 15.4. The number of ether oxygens (including phenoxy) is 2. The number of thiocarbonyl (C=S) groups is 2. The van der Waals surface area contributed by atoms with Crippen molar-refractivity contribution < 1.29 is 28.4 Å². The maximum Gasteiger partial charge on any atom is 0.433 e. The van der Waals surface area contributed by atoms with Gasteiger partial charge in [0.25, 0.3) is 11.8 Å². The van der Waals surface area contributed by atoms with Crippen LogP contribution in [0.3, 0.4) is 0 Å². The molecule has 2 amide bonds. The molecule has 2 heterocycles. The van der Waals surface area contributed by atoms with Crippen molar-refractivity contribution in [2.24, 2.45) is 0 Å². The van der Waals surface area contributed by atoms with Gasteiger partial charge in [0.05, 0.1) is 25.2 Å². The quantitative estimate of drug-likeness (QED) is 0.265. The zero-order valence-corrected chi connectivity index (χ0v) is 18.9. The third-order valence-electron chi connectivity index (χ3n) is 3.92. The minimum absolute atomic E-state index is 0.0866. The van der Waals surface area contributed by atoms with E-state index in [4.69, 9.17) is 38.3 Å². The molecule has 3 rings (SSSR count). The molecule has 1 aromatic heterocycles. The third-order valence-corrected chi connectivity index (χ3v) is 5.50. The lowest BCUT2D eigenvalue weighted by atomic mass is 10.2. The molecule has 0 unspecified atom stereocenters. The van der Waals surface area contributed by atoms with Gasteiger partial charge in [-0.2, -0.15) is 5.01 Å². The maximum atomic E-state index is 12.6. The molecular weight excluding hydrogens is 480 g/mol. The number of hydrogen-bond acceptors (Lipinski definition) is 10. The molecule has 1 aliphatic heterocycles. The van der Waals surface area contributed by atoms with Crippen LogP contribution < -0.4 is 20.2 Å². The van der Waals surface area contributed by atoms with Gasteiger partial charge in [0, 0.05) is 17.8 Å². The molecule has 1 fully saturated rings. The molecule has 11 nitrogen and oxygen atoms in total. The Labute approximate surface area is 195 Å². The summed E-state index contributed by atoms with van der Waals surface area (Å²) in [7, 11) is 2.94. The van der Waals surface area contributed by atoms with Crippen LogP contribution in [0.5, 0.6) is 11.5 Å². The molecule has 2 aromatic rings. The number of nitro groups is 1. The first-order valence-electron chi connectivity index (χ1n) is 8.59. The fourth-order valence-corrected chi connectivity index (χ4v) is 3.77. The van der Waals surface area contributed by atoms with Crippen LogP contribution in [0.2, 0.25) is 0 Å². The molecule has 166 valence electrons. The van der Waals surface area contributed by atoms with Gasteiger partial charge in [-0.3, -0.25) is 25.1 Å². The van der Waals surface area contributed by atoms with E-state index < -0.39 is 22.6 Å². The monoisotopic (exact) mass is 494 g/mol. The second-order valence-corrected chi connectivity index (χ2v) is 8.00. The number of amides is 2. The smallest absolute Gasteiger partial charge is 0.433 e. The summed E-state index contributed by atoms with van der Waals surface area (Å²) in [5, 5.41) is 14.2. The van der Waals surface area contributed by atoms with Crippen molar-refractivity contribution in [1.82, 2.24) is 10.4 Å². The van der Waals surface area contributed by atoms with Crippen molar-refractivity contribution in [3.63, 3.8) is 0 Å². The van der Waals surface area contributed by atoms with Crippen LogP contribution in [0, 0.1) is 10.1 Å². The molecule has 0 spiro atoms. The van der Waals surface area contributed by atoms with Crippen LogP contribution in [0.4, 0.5) is 11.6 Å². The summed E-state index contributed by atoms with van der Waals surface area (Å²) >= 11 is 11.1. The van der Waals surface area contributed by atoms with E-state index >= 15 is 0 Å². The number of furan rings is 1. The predicted octanol–water partition coefficient (Wildman–Crippen LogP) is 2.88. The lowest BCUT2D eigenvalue weighted by molar-refractivity contribution is -0.402. The van der Waals surface area contributed by atoms with Crippen LogP contribution in [0.1, 0.15) is 5.76 Å². The number of benzene rings is 1. The number of methoxy groups -OCH3 is 2. The van der Waals surface area contributed by atoms with Gasteiger partial charge in [0.15, 0.2) is 20.8 Å². The van der Waals surface area contributed by atoms with Crippen LogP contribution >= 0.6 is 36.2 Å². The Hall–Kier alpha value is -3.49. The van der Waals surface area contributed by atoms with E-state index in [1.54, 1.807) is 18.2 Å². The van der Waals surface area contributed by atoms with Crippen LogP contribution in [0.25, 0.3) is 6.08 Å². The predicted molar refractivity (Wildman–Crippen MR) is 124 cm³/mol.